The highest BCUT2D eigenvalue weighted by molar-refractivity contribution is 5.84. The van der Waals surface area contributed by atoms with Gasteiger partial charge in [-0.3, -0.25) is 14.4 Å². The zero-order valence-electron chi connectivity index (χ0n) is 34.5. The Kier molecular flexibility index (Phi) is 27.3. The van der Waals surface area contributed by atoms with Gasteiger partial charge in [-0.05, 0) is 67.2 Å². The number of carboxylic acid groups (broad SMARTS) is 1. The molecule has 2 aromatic rings. The summed E-state index contributed by atoms with van der Waals surface area (Å²) in [7, 11) is 1.66. The van der Waals surface area contributed by atoms with E-state index >= 15 is 0 Å². The number of methoxy groups -OCH3 is 1. The van der Waals surface area contributed by atoms with Gasteiger partial charge in [-0.25, -0.2) is 0 Å². The maximum atomic E-state index is 12.9. The first kappa shape index (κ1) is 48.9. The Bertz CT molecular complexity index is 1350. The molecule has 1 atom stereocenters. The number of carbonyl (C=O) groups excluding carboxylic acids is 2. The molecule has 2 aromatic carbocycles. The van der Waals surface area contributed by atoms with Crippen LogP contribution in [-0.4, -0.2) is 142 Å². The van der Waals surface area contributed by atoms with Crippen LogP contribution in [0, 0.1) is 5.92 Å². The van der Waals surface area contributed by atoms with Crippen LogP contribution in [0.1, 0.15) is 74.8 Å². The van der Waals surface area contributed by atoms with Gasteiger partial charge in [0.05, 0.1) is 26.2 Å². The Balaban J connectivity index is 1.08. The quantitative estimate of drug-likeness (QED) is 0.0651. The number of fused-ring (bicyclic) bond motifs is 3. The third-order valence-electron chi connectivity index (χ3n) is 9.31. The van der Waals surface area contributed by atoms with Gasteiger partial charge < -0.3 is 53.1 Å². The summed E-state index contributed by atoms with van der Waals surface area (Å²) < 4.78 is 49.7. The lowest BCUT2D eigenvalue weighted by atomic mass is 9.97. The van der Waals surface area contributed by atoms with Crippen molar-refractivity contribution in [1.29, 1.82) is 0 Å². The van der Waals surface area contributed by atoms with Crippen molar-refractivity contribution in [3.63, 3.8) is 0 Å². The summed E-state index contributed by atoms with van der Waals surface area (Å²) in [6, 6.07) is 16.1. The summed E-state index contributed by atoms with van der Waals surface area (Å²) in [4.78, 5) is 37.1. The summed E-state index contributed by atoms with van der Waals surface area (Å²) in [5, 5.41) is 12.0. The molecule has 1 amide bonds. The smallest absolute Gasteiger partial charge is 0.306 e. The molecule has 1 aliphatic carbocycles. The van der Waals surface area contributed by atoms with Crippen LogP contribution >= 0.6 is 0 Å². The number of benzene rings is 2. The van der Waals surface area contributed by atoms with Gasteiger partial charge in [0, 0.05) is 111 Å². The van der Waals surface area contributed by atoms with E-state index < -0.39 is 23.8 Å². The molecule has 2 N–H and O–H groups in total. The van der Waals surface area contributed by atoms with Crippen molar-refractivity contribution in [2.45, 2.75) is 63.7 Å². The highest BCUT2D eigenvalue weighted by Gasteiger charge is 2.30. The van der Waals surface area contributed by atoms with Crippen LogP contribution in [-0.2, 0) is 57.0 Å². The summed E-state index contributed by atoms with van der Waals surface area (Å²) >= 11 is 0. The number of rotatable bonds is 38. The highest BCUT2D eigenvalue weighted by Crippen LogP contribution is 2.44. The number of amides is 1. The molecule has 0 saturated carbocycles. The molecule has 14 nitrogen and oxygen atoms in total. The van der Waals surface area contributed by atoms with Gasteiger partial charge in [0.25, 0.3) is 0 Å². The zero-order chi connectivity index (χ0) is 41.3. The molecule has 326 valence electrons. The van der Waals surface area contributed by atoms with E-state index in [0.717, 1.165) is 54.4 Å². The molecule has 14 heteroatoms. The second kappa shape index (κ2) is 32.4. The van der Waals surface area contributed by atoms with E-state index in [1.807, 2.05) is 36.4 Å². The van der Waals surface area contributed by atoms with Crippen molar-refractivity contribution in [3.8, 4) is 11.1 Å². The Hall–Kier alpha value is -3.47. The number of ether oxygens (including phenoxy) is 9. The van der Waals surface area contributed by atoms with Gasteiger partial charge in [-0.2, -0.15) is 0 Å². The van der Waals surface area contributed by atoms with E-state index in [1.165, 1.54) is 0 Å². The topological polar surface area (TPSA) is 167 Å². The molecule has 0 spiro atoms. The first-order valence-corrected chi connectivity index (χ1v) is 20.9. The average molecular weight is 818 g/mol. The van der Waals surface area contributed by atoms with Gasteiger partial charge in [0.1, 0.15) is 6.61 Å². The van der Waals surface area contributed by atoms with Gasteiger partial charge >= 0.3 is 11.9 Å². The fraction of sp³-hybridized carbons (Fsp3) is 0.659. The van der Waals surface area contributed by atoms with Crippen molar-refractivity contribution in [2.75, 3.05) is 119 Å². The first-order valence-electron chi connectivity index (χ1n) is 20.9. The molecule has 0 aromatic heterocycles. The maximum Gasteiger partial charge on any atom is 0.306 e. The van der Waals surface area contributed by atoms with E-state index in [4.69, 9.17) is 42.6 Å². The Morgan fingerprint density at radius 2 is 1.00 bits per heavy atom. The number of aliphatic carboxylic acids is 1. The van der Waals surface area contributed by atoms with E-state index in [1.54, 1.807) is 7.11 Å². The van der Waals surface area contributed by atoms with Crippen LogP contribution in [0.2, 0.25) is 0 Å². The molecule has 0 saturated heterocycles. The second-order valence-electron chi connectivity index (χ2n) is 13.9. The number of hydrogen-bond acceptors (Lipinski definition) is 12. The SMILES string of the molecule is COCCOCCCOCCCOCCCOCCCOCCCOCCCOCCNC(=O)[C@H](CCC(=O)O)CC(=O)OCC1c2ccccc2-c2ccccc21. The fourth-order valence-electron chi connectivity index (χ4n) is 6.33. The predicted molar refractivity (Wildman–Crippen MR) is 218 cm³/mol. The van der Waals surface area contributed by atoms with E-state index in [-0.39, 0.29) is 44.9 Å². The van der Waals surface area contributed by atoms with Crippen LogP contribution in [0.4, 0.5) is 0 Å². The minimum absolute atomic E-state index is 0.0339. The fourth-order valence-corrected chi connectivity index (χ4v) is 6.33. The van der Waals surface area contributed by atoms with Gasteiger partial charge in [0.2, 0.25) is 5.91 Å². The van der Waals surface area contributed by atoms with Crippen LogP contribution < -0.4 is 5.32 Å². The lowest BCUT2D eigenvalue weighted by Crippen LogP contribution is -2.35. The molecular weight excluding hydrogens is 750 g/mol. The van der Waals surface area contributed by atoms with Gasteiger partial charge in [-0.15, -0.1) is 0 Å². The molecule has 0 bridgehead atoms. The van der Waals surface area contributed by atoms with E-state index in [2.05, 4.69) is 17.4 Å². The Labute approximate surface area is 344 Å². The largest absolute Gasteiger partial charge is 0.481 e. The summed E-state index contributed by atoms with van der Waals surface area (Å²) in [5.41, 5.74) is 4.44. The molecule has 0 radical (unpaired) electrons. The van der Waals surface area contributed by atoms with Crippen molar-refractivity contribution in [3.05, 3.63) is 59.7 Å². The number of carboxylic acids is 1. The first-order chi connectivity index (χ1) is 28.5. The number of carbonyl (C=O) groups is 3. The average Bonchev–Trinajstić information content (AvgIpc) is 3.55. The maximum absolute atomic E-state index is 12.9. The summed E-state index contributed by atoms with van der Waals surface area (Å²) in [6.45, 7) is 9.63. The lowest BCUT2D eigenvalue weighted by Gasteiger charge is -2.18. The number of nitrogens with one attached hydrogen (secondary N) is 1. The van der Waals surface area contributed by atoms with Gasteiger partial charge in [0.15, 0.2) is 0 Å². The van der Waals surface area contributed by atoms with Crippen molar-refractivity contribution in [2.24, 2.45) is 5.92 Å². The predicted octanol–water partition coefficient (Wildman–Crippen LogP) is 5.43. The number of hydrogen-bond donors (Lipinski definition) is 2. The molecule has 0 aliphatic heterocycles. The minimum atomic E-state index is -1.03. The minimum Gasteiger partial charge on any atom is -0.481 e. The Morgan fingerprint density at radius 3 is 1.43 bits per heavy atom. The summed E-state index contributed by atoms with van der Waals surface area (Å²) in [5.74, 6) is -2.86. The monoisotopic (exact) mass is 817 g/mol. The number of esters is 1. The zero-order valence-corrected chi connectivity index (χ0v) is 34.5. The third kappa shape index (κ3) is 21.5. The van der Waals surface area contributed by atoms with Gasteiger partial charge in [-0.1, -0.05) is 48.5 Å². The second-order valence-corrected chi connectivity index (χ2v) is 13.9. The standard InChI is InChI=1S/C44H67NO13/c1-50-32-33-57-30-11-28-55-26-9-24-53-22-7-20-51-19-6-21-52-23-8-25-54-27-10-29-56-31-18-45-44(49)36(16-17-42(46)47)34-43(48)58-35-41-39-14-4-2-12-37(39)38-13-3-5-15-40(38)41/h2-5,12-15,36,41H,6-11,16-35H2,1H3,(H,45,49)(H,46,47)/t36-/m1/s1. The molecule has 58 heavy (non-hydrogen) atoms. The van der Waals surface area contributed by atoms with E-state index in [9.17, 15) is 19.5 Å². The van der Waals surface area contributed by atoms with Crippen molar-refractivity contribution < 1.29 is 62.1 Å². The summed E-state index contributed by atoms with van der Waals surface area (Å²) in [6.07, 6.45) is 4.59. The molecule has 1 aliphatic rings. The molecule has 0 fully saturated rings. The van der Waals surface area contributed by atoms with Crippen LogP contribution in [0.25, 0.3) is 11.1 Å². The highest BCUT2D eigenvalue weighted by atomic mass is 16.5. The van der Waals surface area contributed by atoms with Crippen molar-refractivity contribution >= 4 is 17.8 Å². The van der Waals surface area contributed by atoms with Crippen LogP contribution in [0.3, 0.4) is 0 Å². The van der Waals surface area contributed by atoms with Crippen LogP contribution in [0.15, 0.2) is 48.5 Å². The Morgan fingerprint density at radius 1 is 0.586 bits per heavy atom. The molecule has 0 heterocycles. The van der Waals surface area contributed by atoms with E-state index in [0.29, 0.717) is 98.9 Å². The lowest BCUT2D eigenvalue weighted by molar-refractivity contribution is -0.148. The third-order valence-corrected chi connectivity index (χ3v) is 9.31. The normalized spacial score (nSPS) is 12.6. The van der Waals surface area contributed by atoms with Crippen LogP contribution in [0.5, 0.6) is 0 Å². The van der Waals surface area contributed by atoms with Crippen molar-refractivity contribution in [1.82, 2.24) is 5.32 Å². The molecular formula is C44H67NO13. The molecule has 0 unspecified atom stereocenters. The molecule has 3 rings (SSSR count).